The highest BCUT2D eigenvalue weighted by Gasteiger charge is 2.16. The van der Waals surface area contributed by atoms with E-state index in [1.165, 1.54) is 6.39 Å². The number of pyridine rings is 1. The first-order valence-corrected chi connectivity index (χ1v) is 11.2. The van der Waals surface area contributed by atoms with Crippen molar-refractivity contribution in [1.29, 1.82) is 0 Å². The van der Waals surface area contributed by atoms with Crippen LogP contribution in [0.2, 0.25) is 0 Å². The van der Waals surface area contributed by atoms with Crippen molar-refractivity contribution >= 4 is 16.6 Å². The van der Waals surface area contributed by atoms with Crippen LogP contribution in [-0.4, -0.2) is 66.6 Å². The van der Waals surface area contributed by atoms with E-state index < -0.39 is 0 Å². The standard InChI is InChI=1S/C25H27N5O3/c1-31-20-6-3-18(4-7-20)19-5-8-23-21(15-19)24(22(16-27-23)25-29-28-17-33-25)26-9-2-10-30-11-13-32-14-12-30/h3-8,15-17H,2,9-14H2,1H3,(H,26,27). The molecule has 2 aromatic carbocycles. The Balaban J connectivity index is 1.45. The number of benzene rings is 2. The molecule has 0 amide bonds. The molecule has 1 aliphatic heterocycles. The molecule has 1 saturated heterocycles. The maximum absolute atomic E-state index is 5.51. The molecule has 8 heteroatoms. The van der Waals surface area contributed by atoms with Crippen molar-refractivity contribution in [2.45, 2.75) is 6.42 Å². The van der Waals surface area contributed by atoms with Crippen LogP contribution in [0.25, 0.3) is 33.5 Å². The van der Waals surface area contributed by atoms with E-state index in [4.69, 9.17) is 13.9 Å². The van der Waals surface area contributed by atoms with Crippen LogP contribution in [0, 0.1) is 0 Å². The van der Waals surface area contributed by atoms with E-state index in [0.717, 1.165) is 84.8 Å². The van der Waals surface area contributed by atoms with Gasteiger partial charge in [-0.15, -0.1) is 10.2 Å². The minimum absolute atomic E-state index is 0.454. The minimum Gasteiger partial charge on any atom is -0.497 e. The van der Waals surface area contributed by atoms with Crippen LogP contribution in [-0.2, 0) is 4.74 Å². The summed E-state index contributed by atoms with van der Waals surface area (Å²) in [5.74, 6) is 1.29. The largest absolute Gasteiger partial charge is 0.497 e. The van der Waals surface area contributed by atoms with E-state index in [2.05, 4.69) is 49.7 Å². The predicted molar refractivity (Wildman–Crippen MR) is 127 cm³/mol. The first-order valence-electron chi connectivity index (χ1n) is 11.2. The molecule has 1 aliphatic rings. The van der Waals surface area contributed by atoms with Gasteiger partial charge in [-0.3, -0.25) is 9.88 Å². The number of hydrogen-bond acceptors (Lipinski definition) is 8. The van der Waals surface area contributed by atoms with Crippen LogP contribution in [0.5, 0.6) is 5.75 Å². The van der Waals surface area contributed by atoms with Crippen LogP contribution in [0.3, 0.4) is 0 Å². The molecule has 33 heavy (non-hydrogen) atoms. The van der Waals surface area contributed by atoms with Crippen LogP contribution in [0.1, 0.15) is 6.42 Å². The number of ether oxygens (including phenoxy) is 2. The lowest BCUT2D eigenvalue weighted by molar-refractivity contribution is 0.0378. The van der Waals surface area contributed by atoms with Gasteiger partial charge in [-0.1, -0.05) is 18.2 Å². The van der Waals surface area contributed by atoms with Crippen LogP contribution in [0.4, 0.5) is 5.69 Å². The number of anilines is 1. The molecule has 0 radical (unpaired) electrons. The number of morpholine rings is 1. The van der Waals surface area contributed by atoms with Gasteiger partial charge in [0, 0.05) is 31.2 Å². The normalized spacial score (nSPS) is 14.5. The third-order valence-electron chi connectivity index (χ3n) is 5.94. The topological polar surface area (TPSA) is 85.5 Å². The molecule has 170 valence electrons. The zero-order valence-corrected chi connectivity index (χ0v) is 18.7. The van der Waals surface area contributed by atoms with Gasteiger partial charge in [0.2, 0.25) is 6.39 Å². The second-order valence-corrected chi connectivity index (χ2v) is 7.99. The Kier molecular flexibility index (Phi) is 6.46. The third kappa shape index (κ3) is 4.81. The van der Waals surface area contributed by atoms with Gasteiger partial charge in [-0.25, -0.2) is 0 Å². The Morgan fingerprint density at radius 2 is 1.88 bits per heavy atom. The van der Waals surface area contributed by atoms with Crippen molar-refractivity contribution in [2.75, 3.05) is 51.8 Å². The quantitative estimate of drug-likeness (QED) is 0.406. The van der Waals surface area contributed by atoms with Gasteiger partial charge in [0.05, 0.1) is 37.1 Å². The lowest BCUT2D eigenvalue weighted by Gasteiger charge is -2.26. The summed E-state index contributed by atoms with van der Waals surface area (Å²) in [6, 6.07) is 14.4. The molecule has 0 aliphatic carbocycles. The Bertz CT molecular complexity index is 1190. The fourth-order valence-corrected chi connectivity index (χ4v) is 4.14. The smallest absolute Gasteiger partial charge is 0.251 e. The van der Waals surface area contributed by atoms with Gasteiger partial charge < -0.3 is 19.2 Å². The van der Waals surface area contributed by atoms with Crippen molar-refractivity contribution in [3.63, 3.8) is 0 Å². The summed E-state index contributed by atoms with van der Waals surface area (Å²) in [6.07, 6.45) is 4.16. The molecule has 3 heterocycles. The fourth-order valence-electron chi connectivity index (χ4n) is 4.14. The minimum atomic E-state index is 0.454. The van der Waals surface area contributed by atoms with E-state index in [1.807, 2.05) is 18.2 Å². The Morgan fingerprint density at radius 1 is 1.06 bits per heavy atom. The molecule has 0 saturated carbocycles. The molecule has 0 spiro atoms. The summed E-state index contributed by atoms with van der Waals surface area (Å²) < 4.78 is 16.3. The molecule has 8 nitrogen and oxygen atoms in total. The lowest BCUT2D eigenvalue weighted by atomic mass is 10.0. The molecular weight excluding hydrogens is 418 g/mol. The van der Waals surface area contributed by atoms with Crippen molar-refractivity contribution in [2.24, 2.45) is 0 Å². The summed E-state index contributed by atoms with van der Waals surface area (Å²) in [5.41, 5.74) is 4.89. The number of aromatic nitrogens is 3. The Hall–Kier alpha value is -3.49. The highest BCUT2D eigenvalue weighted by atomic mass is 16.5. The number of fused-ring (bicyclic) bond motifs is 1. The van der Waals surface area contributed by atoms with Gasteiger partial charge >= 0.3 is 0 Å². The molecule has 4 aromatic rings. The summed E-state index contributed by atoms with van der Waals surface area (Å²) in [4.78, 5) is 7.09. The van der Waals surface area contributed by atoms with Gasteiger partial charge in [0.25, 0.3) is 5.89 Å². The first-order chi connectivity index (χ1) is 16.3. The van der Waals surface area contributed by atoms with Gasteiger partial charge in [0.15, 0.2) is 0 Å². The number of rotatable bonds is 8. The van der Waals surface area contributed by atoms with Crippen LogP contribution >= 0.6 is 0 Å². The zero-order chi connectivity index (χ0) is 22.5. The molecule has 1 N–H and O–H groups in total. The third-order valence-corrected chi connectivity index (χ3v) is 5.94. The van der Waals surface area contributed by atoms with Crippen LogP contribution < -0.4 is 10.1 Å². The summed E-state index contributed by atoms with van der Waals surface area (Å²) in [7, 11) is 1.67. The van der Waals surface area contributed by atoms with Gasteiger partial charge in [0.1, 0.15) is 5.75 Å². The molecule has 0 bridgehead atoms. The maximum Gasteiger partial charge on any atom is 0.251 e. The predicted octanol–water partition coefficient (Wildman–Crippen LogP) is 4.09. The summed E-state index contributed by atoms with van der Waals surface area (Å²) in [6.45, 7) is 5.49. The number of nitrogens with one attached hydrogen (secondary N) is 1. The summed E-state index contributed by atoms with van der Waals surface area (Å²) in [5, 5.41) is 12.6. The number of methoxy groups -OCH3 is 1. The van der Waals surface area contributed by atoms with E-state index in [0.29, 0.717) is 5.89 Å². The van der Waals surface area contributed by atoms with Gasteiger partial charge in [-0.2, -0.15) is 0 Å². The zero-order valence-electron chi connectivity index (χ0n) is 18.7. The summed E-state index contributed by atoms with van der Waals surface area (Å²) >= 11 is 0. The Labute approximate surface area is 192 Å². The molecule has 0 unspecified atom stereocenters. The molecule has 5 rings (SSSR count). The monoisotopic (exact) mass is 445 g/mol. The SMILES string of the molecule is COc1ccc(-c2ccc3ncc(-c4nnco4)c(NCCCN4CCOCC4)c3c2)cc1. The molecular formula is C25H27N5O3. The molecule has 1 fully saturated rings. The maximum atomic E-state index is 5.51. The average molecular weight is 446 g/mol. The van der Waals surface area contributed by atoms with E-state index >= 15 is 0 Å². The van der Waals surface area contributed by atoms with Crippen molar-refractivity contribution in [3.8, 4) is 28.3 Å². The average Bonchev–Trinajstić information content (AvgIpc) is 3.42. The second-order valence-electron chi connectivity index (χ2n) is 7.99. The van der Waals surface area contributed by atoms with E-state index in [-0.39, 0.29) is 0 Å². The van der Waals surface area contributed by atoms with Crippen LogP contribution in [0.15, 0.2) is 59.5 Å². The Morgan fingerprint density at radius 3 is 2.64 bits per heavy atom. The van der Waals surface area contributed by atoms with Crippen molar-refractivity contribution < 1.29 is 13.9 Å². The highest BCUT2D eigenvalue weighted by Crippen LogP contribution is 2.35. The highest BCUT2D eigenvalue weighted by molar-refractivity contribution is 6.00. The second kappa shape index (κ2) is 9.97. The first kappa shape index (κ1) is 21.4. The van der Waals surface area contributed by atoms with E-state index in [1.54, 1.807) is 13.3 Å². The number of nitrogens with zero attached hydrogens (tertiary/aromatic N) is 4. The molecule has 2 aromatic heterocycles. The lowest BCUT2D eigenvalue weighted by Crippen LogP contribution is -2.37. The fraction of sp³-hybridized carbons (Fsp3) is 0.320. The van der Waals surface area contributed by atoms with E-state index in [9.17, 15) is 0 Å². The number of hydrogen-bond donors (Lipinski definition) is 1. The van der Waals surface area contributed by atoms with Crippen molar-refractivity contribution in [3.05, 3.63) is 55.1 Å². The molecule has 0 atom stereocenters. The van der Waals surface area contributed by atoms with Gasteiger partial charge in [-0.05, 0) is 48.4 Å². The van der Waals surface area contributed by atoms with Crippen molar-refractivity contribution in [1.82, 2.24) is 20.1 Å².